The molecule has 0 saturated heterocycles. The minimum atomic E-state index is -1.61. The molecule has 2 N–H and O–H groups in total. The number of aliphatic hydroxyl groups is 2. The maximum absolute atomic E-state index is 9.13. The molecule has 8 nitrogen and oxygen atoms in total. The molecule has 0 aromatic heterocycles. The molecular weight excluding hydrogens is 1350 g/mol. The van der Waals surface area contributed by atoms with Gasteiger partial charge in [0.15, 0.2) is 16.6 Å². The minimum absolute atomic E-state index is 0. The summed E-state index contributed by atoms with van der Waals surface area (Å²) >= 11 is 0. The Hall–Kier alpha value is 2.87. The van der Waals surface area contributed by atoms with E-state index in [4.69, 9.17) is 38.0 Å². The van der Waals surface area contributed by atoms with E-state index in [2.05, 4.69) is 81.6 Å². The Balaban J connectivity index is -0.000000285. The van der Waals surface area contributed by atoms with Gasteiger partial charge in [-0.3, -0.25) is 0 Å². The molecule has 0 aliphatic heterocycles. The van der Waals surface area contributed by atoms with Gasteiger partial charge in [-0.05, 0) is 64.0 Å². The van der Waals surface area contributed by atoms with Crippen LogP contribution in [0.4, 0.5) is 0 Å². The predicted molar refractivity (Wildman–Crippen MR) is 195 cm³/mol. The van der Waals surface area contributed by atoms with E-state index >= 15 is 0 Å². The van der Waals surface area contributed by atoms with Crippen molar-refractivity contribution in [1.29, 1.82) is 0 Å². The Morgan fingerprint density at radius 2 is 0.620 bits per heavy atom. The Morgan fingerprint density at radius 3 is 0.740 bits per heavy atom. The van der Waals surface area contributed by atoms with E-state index in [1.807, 2.05) is 13.8 Å². The van der Waals surface area contributed by atoms with Gasteiger partial charge in [0, 0.05) is 164 Å². The van der Waals surface area contributed by atoms with Crippen LogP contribution in [0.25, 0.3) is 0 Å². The number of hydrogen-bond donors (Lipinski definition) is 2. The van der Waals surface area contributed by atoms with Crippen molar-refractivity contribution < 1.29 is 122 Å². The molecule has 0 aromatic carbocycles. The maximum atomic E-state index is 9.13. The second kappa shape index (κ2) is 22.7. The summed E-state index contributed by atoms with van der Waals surface area (Å²) in [5, 5.41) is 18.9. The molecule has 4 fully saturated rings. The van der Waals surface area contributed by atoms with Crippen LogP contribution in [0.1, 0.15) is 121 Å². The van der Waals surface area contributed by atoms with Gasteiger partial charge in [-0.2, -0.15) is 0 Å². The van der Waals surface area contributed by atoms with Gasteiger partial charge in [0.2, 0.25) is 0 Å². The molecule has 0 amide bonds. The standard InChI is InChI=1S/2C12H26O2Si.2C6H12O2.4W/c2*1-11(2,3)15(6,7)14-12(4)8-10(9-12)13-5;2*1-6(7)3-5(4-6)8-2;;;;/h2*10H,8-9H2,1-7H3;2*5,7H,3-4H2,1-2H3;;;;. The Kier molecular flexibility index (Phi) is 27.1. The summed E-state index contributed by atoms with van der Waals surface area (Å²) in [5.74, 6) is 0. The quantitative estimate of drug-likeness (QED) is 0.235. The second-order valence-electron chi connectivity index (χ2n) is 18.7. The van der Waals surface area contributed by atoms with E-state index in [0.717, 1.165) is 51.4 Å². The van der Waals surface area contributed by atoms with Crippen LogP contribution in [-0.2, 0) is 112 Å². The summed E-state index contributed by atoms with van der Waals surface area (Å²) in [7, 11) is 3.72. The minimum Gasteiger partial charge on any atom is -0.411 e. The zero-order valence-corrected chi connectivity index (χ0v) is 48.7. The van der Waals surface area contributed by atoms with Crippen molar-refractivity contribution in [3.8, 4) is 0 Å². The summed E-state index contributed by atoms with van der Waals surface area (Å²) in [6.45, 7) is 31.1. The molecule has 4 saturated carbocycles. The fourth-order valence-electron chi connectivity index (χ4n) is 6.02. The first-order valence-electron chi connectivity index (χ1n) is 17.4. The topological polar surface area (TPSA) is 95.8 Å². The molecule has 300 valence electrons. The van der Waals surface area contributed by atoms with Gasteiger partial charge >= 0.3 is 0 Å². The first-order chi connectivity index (χ1) is 20.5. The van der Waals surface area contributed by atoms with E-state index in [-0.39, 0.29) is 95.5 Å². The van der Waals surface area contributed by atoms with Gasteiger partial charge in [-0.15, -0.1) is 0 Å². The van der Waals surface area contributed by atoms with Crippen LogP contribution in [0.2, 0.25) is 36.3 Å². The van der Waals surface area contributed by atoms with Crippen molar-refractivity contribution in [3.63, 3.8) is 0 Å². The molecule has 4 aliphatic carbocycles. The molecule has 4 rings (SSSR count). The summed E-state index contributed by atoms with van der Waals surface area (Å²) in [4.78, 5) is 0. The zero-order chi connectivity index (χ0) is 36.2. The summed E-state index contributed by atoms with van der Waals surface area (Å²) in [6, 6.07) is 0. The van der Waals surface area contributed by atoms with Gasteiger partial charge in [0.05, 0.1) is 46.8 Å². The predicted octanol–water partition coefficient (Wildman–Crippen LogP) is 8.23. The van der Waals surface area contributed by atoms with Crippen molar-refractivity contribution in [2.24, 2.45) is 0 Å². The zero-order valence-electron chi connectivity index (χ0n) is 34.9. The van der Waals surface area contributed by atoms with Crippen molar-refractivity contribution >= 4 is 16.6 Å². The van der Waals surface area contributed by atoms with Gasteiger partial charge < -0.3 is 38.0 Å². The number of rotatable bonds is 8. The van der Waals surface area contributed by atoms with E-state index in [1.165, 1.54) is 0 Å². The van der Waals surface area contributed by atoms with Crippen LogP contribution in [0.3, 0.4) is 0 Å². The average Bonchev–Trinajstić information content (AvgIpc) is 2.81. The molecule has 0 radical (unpaired) electrons. The third-order valence-electron chi connectivity index (χ3n) is 11.3. The third-order valence-corrected chi connectivity index (χ3v) is 20.5. The molecule has 0 aromatic rings. The van der Waals surface area contributed by atoms with E-state index in [1.54, 1.807) is 28.4 Å². The molecule has 0 bridgehead atoms. The summed E-state index contributed by atoms with van der Waals surface area (Å²) < 4.78 is 33.4. The molecule has 0 atom stereocenters. The van der Waals surface area contributed by atoms with Crippen LogP contribution in [0.5, 0.6) is 0 Å². The van der Waals surface area contributed by atoms with Gasteiger partial charge in [0.1, 0.15) is 0 Å². The number of hydrogen-bond acceptors (Lipinski definition) is 8. The van der Waals surface area contributed by atoms with Crippen molar-refractivity contribution in [2.75, 3.05) is 28.4 Å². The van der Waals surface area contributed by atoms with Crippen molar-refractivity contribution in [3.05, 3.63) is 0 Å². The number of ether oxygens (including phenoxy) is 4. The largest absolute Gasteiger partial charge is 0.411 e. The van der Waals surface area contributed by atoms with Crippen molar-refractivity contribution in [2.45, 2.75) is 204 Å². The average molecular weight is 1430 g/mol. The van der Waals surface area contributed by atoms with Crippen LogP contribution in [0, 0.1) is 0 Å². The Labute approximate surface area is 367 Å². The third kappa shape index (κ3) is 19.3. The molecule has 0 unspecified atom stereocenters. The molecule has 14 heteroatoms. The second-order valence-corrected chi connectivity index (χ2v) is 28.1. The van der Waals surface area contributed by atoms with E-state index < -0.39 is 27.8 Å². The maximum Gasteiger partial charge on any atom is 0.192 e. The van der Waals surface area contributed by atoms with E-state index in [9.17, 15) is 0 Å². The molecule has 50 heavy (non-hydrogen) atoms. The van der Waals surface area contributed by atoms with Crippen LogP contribution in [0.15, 0.2) is 0 Å². The summed E-state index contributed by atoms with van der Waals surface area (Å²) in [5.41, 5.74) is -0.714. The smallest absolute Gasteiger partial charge is 0.192 e. The fraction of sp³-hybridized carbons (Fsp3) is 1.00. The SMILES string of the molecule is COC1CC(C)(O)C1.COC1CC(C)(O)C1.COC1CC(C)(O[Si](C)(C)C(C)(C)C)C1.COC1CC(C)(O[Si](C)(C)C(C)(C)C)C1.[W].[W].[W].[W]. The van der Waals surface area contributed by atoms with Crippen LogP contribution >= 0.6 is 0 Å². The Morgan fingerprint density at radius 1 is 0.440 bits per heavy atom. The first kappa shape index (κ1) is 59.6. The van der Waals surface area contributed by atoms with Crippen LogP contribution in [-0.4, -0.2) is 102 Å². The van der Waals surface area contributed by atoms with Gasteiger partial charge in [-0.1, -0.05) is 41.5 Å². The van der Waals surface area contributed by atoms with E-state index in [0.29, 0.717) is 34.5 Å². The number of methoxy groups -OCH3 is 4. The molecular formula is C36H76O8Si2W4. The molecule has 0 heterocycles. The van der Waals surface area contributed by atoms with Crippen molar-refractivity contribution in [1.82, 2.24) is 0 Å². The van der Waals surface area contributed by atoms with Gasteiger partial charge in [0.25, 0.3) is 0 Å². The Bertz CT molecular complexity index is 840. The normalized spacial score (nSPS) is 34.3. The molecule has 4 aliphatic rings. The monoisotopic (exact) mass is 1430 g/mol. The first-order valence-corrected chi connectivity index (χ1v) is 23.3. The van der Waals surface area contributed by atoms with Crippen LogP contribution < -0.4 is 0 Å². The molecule has 0 spiro atoms. The fourth-order valence-corrected chi connectivity index (χ4v) is 9.43. The van der Waals surface area contributed by atoms with Gasteiger partial charge in [-0.25, -0.2) is 0 Å². The summed E-state index contributed by atoms with van der Waals surface area (Å²) in [6.07, 6.45) is 8.84.